The minimum atomic E-state index is -5.50. The van der Waals surface area contributed by atoms with Crippen LogP contribution in [0.1, 0.15) is 0 Å². The Morgan fingerprint density at radius 2 is 0.909 bits per heavy atom. The van der Waals surface area contributed by atoms with Crippen LogP contribution in [0.3, 0.4) is 0 Å². The van der Waals surface area contributed by atoms with E-state index in [0.29, 0.717) is 0 Å². The van der Waals surface area contributed by atoms with Crippen LogP contribution in [0.2, 0.25) is 26.8 Å². The van der Waals surface area contributed by atoms with Crippen LogP contribution in [0.4, 0.5) is 13.9 Å². The van der Waals surface area contributed by atoms with Crippen molar-refractivity contribution in [2.45, 2.75) is 26.8 Å². The van der Waals surface area contributed by atoms with Crippen LogP contribution in [-0.4, -0.2) is 26.8 Å². The molecule has 0 saturated carbocycles. The van der Waals surface area contributed by atoms with Crippen molar-refractivity contribution in [2.24, 2.45) is 0 Å². The topological polar surface area (TPSA) is 0 Å². The molecular formula is C5H14As2F4. The summed E-state index contributed by atoms with van der Waals surface area (Å²) in [4.78, 5) is 0. The molecule has 0 heterocycles. The van der Waals surface area contributed by atoms with Crippen LogP contribution < -0.4 is 0 Å². The molecule has 0 spiro atoms. The first-order chi connectivity index (χ1) is 4.21. The molecule has 0 N–H and O–H groups in total. The number of halogens is 4. The molecule has 0 aromatic heterocycles. The van der Waals surface area contributed by atoms with Crippen LogP contribution in [-0.2, 0) is 0 Å². The summed E-state index contributed by atoms with van der Waals surface area (Å²) in [5.74, 6) is 0. The summed E-state index contributed by atoms with van der Waals surface area (Å²) in [6, 6.07) is 0. The molecule has 0 amide bonds. The first-order valence-corrected chi connectivity index (χ1v) is 16.1. The Balaban J connectivity index is 4.55. The van der Waals surface area contributed by atoms with Gasteiger partial charge in [0, 0.05) is 0 Å². The van der Waals surface area contributed by atoms with Gasteiger partial charge >= 0.3 is 67.5 Å². The molecule has 0 nitrogen and oxygen atoms in total. The van der Waals surface area contributed by atoms with E-state index in [1.807, 2.05) is 0 Å². The molecule has 0 aliphatic rings. The van der Waals surface area contributed by atoms with Gasteiger partial charge in [-0.05, 0) is 0 Å². The zero-order chi connectivity index (χ0) is 9.60. The van der Waals surface area contributed by atoms with Gasteiger partial charge in [-0.3, -0.25) is 0 Å². The first kappa shape index (κ1) is 11.8. The predicted molar refractivity (Wildman–Crippen MR) is 44.2 cm³/mol. The van der Waals surface area contributed by atoms with E-state index >= 15 is 0 Å². The van der Waals surface area contributed by atoms with Gasteiger partial charge < -0.3 is 0 Å². The van der Waals surface area contributed by atoms with E-state index in [4.69, 9.17) is 0 Å². The molecule has 0 aromatic carbocycles. The molecule has 0 saturated heterocycles. The molecule has 0 radical (unpaired) electrons. The van der Waals surface area contributed by atoms with Crippen molar-refractivity contribution in [2.75, 3.05) is 0 Å². The molecule has 0 rings (SSSR count). The molecule has 72 valence electrons. The zero-order valence-corrected chi connectivity index (χ0v) is 10.9. The monoisotopic (exact) mass is 300 g/mol. The standard InChI is InChI=1S/C5H14As2F4/c1-6(2,8,9)5-7(3,4,10)11/h5H2,1-4H3. The van der Waals surface area contributed by atoms with E-state index in [1.54, 1.807) is 0 Å². The number of rotatable bonds is 2. The van der Waals surface area contributed by atoms with E-state index in [-0.39, 0.29) is 0 Å². The fourth-order valence-electron chi connectivity index (χ4n) is 1.07. The van der Waals surface area contributed by atoms with Gasteiger partial charge in [0.05, 0.1) is 0 Å². The molecule has 6 heteroatoms. The van der Waals surface area contributed by atoms with Crippen molar-refractivity contribution in [1.82, 2.24) is 0 Å². The Morgan fingerprint density at radius 1 is 0.727 bits per heavy atom. The fourth-order valence-corrected chi connectivity index (χ4v) is 29.0. The van der Waals surface area contributed by atoms with Crippen LogP contribution >= 0.6 is 0 Å². The Bertz CT molecular complexity index is 134. The summed E-state index contributed by atoms with van der Waals surface area (Å²) in [7, 11) is 0. The number of hydrogen-bond donors (Lipinski definition) is 0. The van der Waals surface area contributed by atoms with E-state index in [0.717, 1.165) is 22.8 Å². The van der Waals surface area contributed by atoms with Crippen molar-refractivity contribution in [3.05, 3.63) is 0 Å². The maximum atomic E-state index is 12.9. The normalized spacial score (nSPS) is 21.5. The molecule has 0 bridgehead atoms. The third kappa shape index (κ3) is 10.8. The second kappa shape index (κ2) is 2.20. The quantitative estimate of drug-likeness (QED) is 0.538. The third-order valence-corrected chi connectivity index (χ3v) is 21.0. The third-order valence-electron chi connectivity index (χ3n) is 0.779. The van der Waals surface area contributed by atoms with Gasteiger partial charge in [-0.1, -0.05) is 0 Å². The van der Waals surface area contributed by atoms with Gasteiger partial charge in [0.1, 0.15) is 0 Å². The molecule has 0 aliphatic carbocycles. The van der Waals surface area contributed by atoms with Crippen molar-refractivity contribution in [3.63, 3.8) is 0 Å². The second-order valence-electron chi connectivity index (χ2n) is 4.26. The summed E-state index contributed by atoms with van der Waals surface area (Å²) in [5, 5.41) is 0. The molecule has 0 unspecified atom stereocenters. The van der Waals surface area contributed by atoms with Crippen LogP contribution in [0.15, 0.2) is 0 Å². The molecule has 0 fully saturated rings. The van der Waals surface area contributed by atoms with Gasteiger partial charge in [0.2, 0.25) is 0 Å². The Kier molecular flexibility index (Phi) is 2.37. The Labute approximate surface area is 67.6 Å². The van der Waals surface area contributed by atoms with Gasteiger partial charge in [0.25, 0.3) is 0 Å². The van der Waals surface area contributed by atoms with Gasteiger partial charge in [0.15, 0.2) is 0 Å². The van der Waals surface area contributed by atoms with Crippen molar-refractivity contribution in [1.29, 1.82) is 0 Å². The summed E-state index contributed by atoms with van der Waals surface area (Å²) in [6.07, 6.45) is 0. The van der Waals surface area contributed by atoms with Crippen molar-refractivity contribution < 1.29 is 13.9 Å². The van der Waals surface area contributed by atoms with Crippen LogP contribution in [0.25, 0.3) is 0 Å². The summed E-state index contributed by atoms with van der Waals surface area (Å²) in [5.41, 5.74) is 2.91. The summed E-state index contributed by atoms with van der Waals surface area (Å²) in [6.45, 7) is 0. The van der Waals surface area contributed by atoms with Gasteiger partial charge in [-0.2, -0.15) is 0 Å². The SMILES string of the molecule is C[As](C)(F)(F)C[As](C)(C)(F)F. The van der Waals surface area contributed by atoms with E-state index in [9.17, 15) is 13.9 Å². The van der Waals surface area contributed by atoms with Crippen LogP contribution in [0, 0.1) is 0 Å². The Morgan fingerprint density at radius 3 is 0.909 bits per heavy atom. The Hall–Kier alpha value is 0.837. The molecule has 11 heavy (non-hydrogen) atoms. The van der Waals surface area contributed by atoms with Crippen molar-refractivity contribution in [3.8, 4) is 0 Å². The van der Waals surface area contributed by atoms with E-state index in [2.05, 4.69) is 0 Å². The average molecular weight is 300 g/mol. The van der Waals surface area contributed by atoms with Gasteiger partial charge in [-0.25, -0.2) is 0 Å². The van der Waals surface area contributed by atoms with E-state index < -0.39 is 30.8 Å². The molecule has 0 atom stereocenters. The summed E-state index contributed by atoms with van der Waals surface area (Å²) >= 11 is -11.0. The molecule has 0 aromatic rings. The zero-order valence-electron chi connectivity index (χ0n) is 7.11. The predicted octanol–water partition coefficient (Wildman–Crippen LogP) is 3.72. The molecular weight excluding hydrogens is 286 g/mol. The minimum absolute atomic E-state index is 0.727. The number of hydrogen-bond acceptors (Lipinski definition) is 0. The van der Waals surface area contributed by atoms with Gasteiger partial charge in [-0.15, -0.1) is 0 Å². The fraction of sp³-hybridized carbons (Fsp3) is 1.00. The van der Waals surface area contributed by atoms with Crippen LogP contribution in [0.5, 0.6) is 0 Å². The molecule has 0 aliphatic heterocycles. The second-order valence-corrected chi connectivity index (χ2v) is 25.2. The first-order valence-electron chi connectivity index (χ1n) is 3.10. The maximum absolute atomic E-state index is 12.9. The average Bonchev–Trinajstić information content (AvgIpc) is 1.04. The van der Waals surface area contributed by atoms with Crippen molar-refractivity contribution >= 4 is 26.8 Å². The summed E-state index contributed by atoms with van der Waals surface area (Å²) < 4.78 is 50.5. The van der Waals surface area contributed by atoms with E-state index in [1.165, 1.54) is 0 Å².